The number of methoxy groups -OCH3 is 1. The molecular weight excluding hydrogens is 230 g/mol. The monoisotopic (exact) mass is 242 g/mol. The zero-order valence-corrected chi connectivity index (χ0v) is 9.50. The molecule has 0 aliphatic carbocycles. The Morgan fingerprint density at radius 1 is 1.24 bits per heavy atom. The lowest BCUT2D eigenvalue weighted by Gasteiger charge is -2.06. The van der Waals surface area contributed by atoms with Gasteiger partial charge in [0.25, 0.3) is 6.08 Å². The Kier molecular flexibility index (Phi) is 4.63. The van der Waals surface area contributed by atoms with Crippen LogP contribution < -0.4 is 4.74 Å². The van der Waals surface area contributed by atoms with Crippen molar-refractivity contribution in [1.82, 2.24) is 0 Å². The number of esters is 1. The van der Waals surface area contributed by atoms with Gasteiger partial charge in [-0.2, -0.15) is 8.78 Å². The van der Waals surface area contributed by atoms with Crippen LogP contribution in [0.4, 0.5) is 8.78 Å². The first-order chi connectivity index (χ1) is 8.10. The van der Waals surface area contributed by atoms with Crippen LogP contribution >= 0.6 is 0 Å². The minimum absolute atomic E-state index is 0.0474. The fourth-order valence-electron chi connectivity index (χ4n) is 1.27. The van der Waals surface area contributed by atoms with E-state index < -0.39 is 17.6 Å². The molecule has 0 saturated carbocycles. The van der Waals surface area contributed by atoms with Crippen LogP contribution in [-0.4, -0.2) is 19.7 Å². The smallest absolute Gasteiger partial charge is 0.344 e. The van der Waals surface area contributed by atoms with Crippen molar-refractivity contribution in [3.63, 3.8) is 0 Å². The van der Waals surface area contributed by atoms with Crippen LogP contribution in [0.25, 0.3) is 5.57 Å². The van der Waals surface area contributed by atoms with Crippen LogP contribution in [0.2, 0.25) is 0 Å². The third kappa shape index (κ3) is 3.27. The van der Waals surface area contributed by atoms with Crippen LogP contribution in [0.1, 0.15) is 12.5 Å². The van der Waals surface area contributed by atoms with E-state index in [0.29, 0.717) is 5.75 Å². The lowest BCUT2D eigenvalue weighted by molar-refractivity contribution is -0.136. The topological polar surface area (TPSA) is 35.5 Å². The number of ether oxygens (including phenoxy) is 2. The van der Waals surface area contributed by atoms with Crippen molar-refractivity contribution in [3.05, 3.63) is 35.9 Å². The van der Waals surface area contributed by atoms with Gasteiger partial charge in [0.05, 0.1) is 13.7 Å². The molecule has 0 aliphatic heterocycles. The predicted octanol–water partition coefficient (Wildman–Crippen LogP) is 2.87. The van der Waals surface area contributed by atoms with E-state index in [4.69, 9.17) is 4.74 Å². The summed E-state index contributed by atoms with van der Waals surface area (Å²) >= 11 is 0. The molecule has 0 aliphatic rings. The maximum atomic E-state index is 12.7. The minimum atomic E-state index is -2.06. The largest absolute Gasteiger partial charge is 0.497 e. The van der Waals surface area contributed by atoms with E-state index in [0.717, 1.165) is 0 Å². The Hall–Kier alpha value is -1.91. The van der Waals surface area contributed by atoms with E-state index in [1.807, 2.05) is 0 Å². The zero-order chi connectivity index (χ0) is 12.8. The van der Waals surface area contributed by atoms with Gasteiger partial charge in [0.2, 0.25) is 0 Å². The van der Waals surface area contributed by atoms with Crippen LogP contribution in [0.15, 0.2) is 30.3 Å². The first kappa shape index (κ1) is 13.2. The van der Waals surface area contributed by atoms with Gasteiger partial charge in [-0.05, 0) is 24.6 Å². The summed E-state index contributed by atoms with van der Waals surface area (Å²) in [4.78, 5) is 11.3. The predicted molar refractivity (Wildman–Crippen MR) is 58.8 cm³/mol. The number of hydrogen-bond donors (Lipinski definition) is 0. The molecule has 0 aromatic heterocycles. The van der Waals surface area contributed by atoms with Crippen LogP contribution in [0.5, 0.6) is 5.75 Å². The summed E-state index contributed by atoms with van der Waals surface area (Å²) in [5.74, 6) is -0.506. The van der Waals surface area contributed by atoms with E-state index >= 15 is 0 Å². The number of halogens is 2. The molecule has 0 unspecified atom stereocenters. The highest BCUT2D eigenvalue weighted by molar-refractivity contribution is 6.16. The van der Waals surface area contributed by atoms with E-state index in [1.165, 1.54) is 31.4 Å². The van der Waals surface area contributed by atoms with Crippen molar-refractivity contribution in [1.29, 1.82) is 0 Å². The van der Waals surface area contributed by atoms with Gasteiger partial charge in [-0.25, -0.2) is 4.79 Å². The van der Waals surface area contributed by atoms with Crippen LogP contribution in [-0.2, 0) is 9.53 Å². The number of rotatable bonds is 4. The van der Waals surface area contributed by atoms with E-state index in [9.17, 15) is 13.6 Å². The molecule has 1 aromatic carbocycles. The molecule has 0 saturated heterocycles. The van der Waals surface area contributed by atoms with Crippen molar-refractivity contribution in [2.24, 2.45) is 0 Å². The third-order valence-corrected chi connectivity index (χ3v) is 2.05. The number of carbonyl (C=O) groups excluding carboxylic acids is 1. The summed E-state index contributed by atoms with van der Waals surface area (Å²) in [7, 11) is 1.47. The van der Waals surface area contributed by atoms with Gasteiger partial charge >= 0.3 is 5.97 Å². The second-order valence-corrected chi connectivity index (χ2v) is 3.08. The zero-order valence-electron chi connectivity index (χ0n) is 9.50. The Bertz CT molecular complexity index is 420. The second kappa shape index (κ2) is 5.98. The van der Waals surface area contributed by atoms with Crippen LogP contribution in [0, 0.1) is 0 Å². The van der Waals surface area contributed by atoms with Gasteiger partial charge < -0.3 is 9.47 Å². The van der Waals surface area contributed by atoms with Gasteiger partial charge in [0.1, 0.15) is 11.3 Å². The Morgan fingerprint density at radius 3 is 2.24 bits per heavy atom. The standard InChI is InChI=1S/C12H12F2O3/c1-3-17-12(15)10(11(13)14)8-4-6-9(16-2)7-5-8/h4-7H,3H2,1-2H3. The third-order valence-electron chi connectivity index (χ3n) is 2.05. The molecule has 0 spiro atoms. The molecule has 0 radical (unpaired) electrons. The second-order valence-electron chi connectivity index (χ2n) is 3.08. The quantitative estimate of drug-likeness (QED) is 0.601. The first-order valence-electron chi connectivity index (χ1n) is 4.97. The molecule has 0 atom stereocenters. The van der Waals surface area contributed by atoms with E-state index in [-0.39, 0.29) is 12.2 Å². The fraction of sp³-hybridized carbons (Fsp3) is 0.250. The average molecular weight is 242 g/mol. The summed E-state index contributed by atoms with van der Waals surface area (Å²) in [6, 6.07) is 5.75. The number of hydrogen-bond acceptors (Lipinski definition) is 3. The van der Waals surface area contributed by atoms with Gasteiger partial charge in [0, 0.05) is 0 Å². The average Bonchev–Trinajstić information content (AvgIpc) is 2.30. The van der Waals surface area contributed by atoms with E-state index in [2.05, 4.69) is 4.74 Å². The van der Waals surface area contributed by atoms with Crippen molar-refractivity contribution in [2.45, 2.75) is 6.92 Å². The summed E-state index contributed by atoms with van der Waals surface area (Å²) < 4.78 is 34.8. The SMILES string of the molecule is CCOC(=O)C(=C(F)F)c1ccc(OC)cc1. The van der Waals surface area contributed by atoms with E-state index in [1.54, 1.807) is 6.92 Å². The molecule has 1 rings (SSSR count). The highest BCUT2D eigenvalue weighted by Gasteiger charge is 2.19. The summed E-state index contributed by atoms with van der Waals surface area (Å²) in [6.45, 7) is 1.60. The first-order valence-corrected chi connectivity index (χ1v) is 4.97. The van der Waals surface area contributed by atoms with Crippen LogP contribution in [0.3, 0.4) is 0 Å². The van der Waals surface area contributed by atoms with Crippen molar-refractivity contribution in [3.8, 4) is 5.75 Å². The maximum absolute atomic E-state index is 12.7. The molecular formula is C12H12F2O3. The molecule has 0 bridgehead atoms. The molecule has 3 nitrogen and oxygen atoms in total. The maximum Gasteiger partial charge on any atom is 0.344 e. The summed E-state index contributed by atoms with van der Waals surface area (Å²) in [5, 5.41) is 0. The summed E-state index contributed by atoms with van der Waals surface area (Å²) in [5.41, 5.74) is -0.612. The van der Waals surface area contributed by atoms with Crippen molar-refractivity contribution in [2.75, 3.05) is 13.7 Å². The Morgan fingerprint density at radius 2 is 1.82 bits per heavy atom. The lowest BCUT2D eigenvalue weighted by Crippen LogP contribution is -2.07. The van der Waals surface area contributed by atoms with Crippen molar-refractivity contribution >= 4 is 11.5 Å². The molecule has 0 fully saturated rings. The Labute approximate surface area is 97.7 Å². The van der Waals surface area contributed by atoms with Gasteiger partial charge in [-0.1, -0.05) is 12.1 Å². The Balaban J connectivity index is 3.07. The summed E-state index contributed by atoms with van der Waals surface area (Å²) in [6.07, 6.45) is -2.06. The van der Waals surface area contributed by atoms with Gasteiger partial charge in [0.15, 0.2) is 0 Å². The van der Waals surface area contributed by atoms with Crippen molar-refractivity contribution < 1.29 is 23.0 Å². The lowest BCUT2D eigenvalue weighted by atomic mass is 10.1. The molecule has 0 heterocycles. The van der Waals surface area contributed by atoms with Gasteiger partial charge in [-0.3, -0.25) is 0 Å². The fourth-order valence-corrected chi connectivity index (χ4v) is 1.27. The molecule has 0 amide bonds. The molecule has 1 aromatic rings. The molecule has 92 valence electrons. The minimum Gasteiger partial charge on any atom is -0.497 e. The normalized spacial score (nSPS) is 9.65. The highest BCUT2D eigenvalue weighted by Crippen LogP contribution is 2.24. The highest BCUT2D eigenvalue weighted by atomic mass is 19.3. The molecule has 0 N–H and O–H groups in total. The molecule has 17 heavy (non-hydrogen) atoms. The number of carbonyl (C=O) groups is 1. The number of benzene rings is 1. The van der Waals surface area contributed by atoms with Gasteiger partial charge in [-0.15, -0.1) is 0 Å². The molecule has 5 heteroatoms.